The molecule has 0 aliphatic heterocycles. The minimum atomic E-state index is -0.331. The van der Waals surface area contributed by atoms with Gasteiger partial charge in [0.05, 0.1) is 17.4 Å². The molecule has 7 nitrogen and oxygen atoms in total. The molecule has 3 aromatic rings. The van der Waals surface area contributed by atoms with Crippen LogP contribution in [0.15, 0.2) is 29.1 Å². The number of hydrogen-bond donors (Lipinski definition) is 0. The SMILES string of the molecule is CC(=O)Cn1c(=O)c2ccccc2n2nnc(C#N)c12. The molecule has 0 N–H and O–H groups in total. The van der Waals surface area contributed by atoms with Crippen molar-refractivity contribution in [2.75, 3.05) is 0 Å². The first-order chi connectivity index (χ1) is 9.63. The number of nitriles is 1. The van der Waals surface area contributed by atoms with Crippen molar-refractivity contribution >= 4 is 22.3 Å². The van der Waals surface area contributed by atoms with Crippen LogP contribution in [-0.4, -0.2) is 25.2 Å². The molecular weight excluding hydrogens is 258 g/mol. The fourth-order valence-corrected chi connectivity index (χ4v) is 2.20. The molecule has 3 rings (SSSR count). The van der Waals surface area contributed by atoms with E-state index in [0.717, 1.165) is 0 Å². The number of benzene rings is 1. The van der Waals surface area contributed by atoms with E-state index >= 15 is 0 Å². The summed E-state index contributed by atoms with van der Waals surface area (Å²) in [6.07, 6.45) is 0. The summed E-state index contributed by atoms with van der Waals surface area (Å²) in [5, 5.41) is 17.2. The molecule has 1 aromatic carbocycles. The van der Waals surface area contributed by atoms with Gasteiger partial charge in [0.2, 0.25) is 5.69 Å². The van der Waals surface area contributed by atoms with Crippen molar-refractivity contribution in [2.24, 2.45) is 0 Å². The van der Waals surface area contributed by atoms with Crippen LogP contribution >= 0.6 is 0 Å². The Kier molecular flexibility index (Phi) is 2.57. The fourth-order valence-electron chi connectivity index (χ4n) is 2.20. The summed E-state index contributed by atoms with van der Waals surface area (Å²) in [6, 6.07) is 8.76. The maximum atomic E-state index is 12.5. The van der Waals surface area contributed by atoms with Gasteiger partial charge in [-0.25, -0.2) is 0 Å². The van der Waals surface area contributed by atoms with Crippen LogP contribution in [0.2, 0.25) is 0 Å². The molecule has 0 saturated heterocycles. The monoisotopic (exact) mass is 267 g/mol. The second kappa shape index (κ2) is 4.28. The van der Waals surface area contributed by atoms with Gasteiger partial charge in [0.1, 0.15) is 11.9 Å². The minimum Gasteiger partial charge on any atom is -0.298 e. The van der Waals surface area contributed by atoms with E-state index in [4.69, 9.17) is 5.26 Å². The molecule has 0 unspecified atom stereocenters. The van der Waals surface area contributed by atoms with Crippen LogP contribution in [0.3, 0.4) is 0 Å². The fraction of sp³-hybridized carbons (Fsp3) is 0.154. The summed E-state index contributed by atoms with van der Waals surface area (Å²) in [5.41, 5.74) is 0.490. The van der Waals surface area contributed by atoms with Gasteiger partial charge in [0.25, 0.3) is 5.56 Å². The Bertz CT molecular complexity index is 945. The van der Waals surface area contributed by atoms with E-state index in [1.54, 1.807) is 24.3 Å². The highest BCUT2D eigenvalue weighted by Crippen LogP contribution is 2.14. The number of carbonyl (C=O) groups is 1. The number of rotatable bonds is 2. The number of ketones is 1. The Morgan fingerprint density at radius 2 is 2.15 bits per heavy atom. The van der Waals surface area contributed by atoms with Gasteiger partial charge in [0, 0.05) is 0 Å². The molecule has 98 valence electrons. The van der Waals surface area contributed by atoms with Gasteiger partial charge >= 0.3 is 0 Å². The molecule has 2 aromatic heterocycles. The van der Waals surface area contributed by atoms with Crippen LogP contribution in [0.4, 0.5) is 0 Å². The first-order valence-electron chi connectivity index (χ1n) is 5.90. The summed E-state index contributed by atoms with van der Waals surface area (Å²) in [6.45, 7) is 1.27. The predicted octanol–water partition coefficient (Wildman–Crippen LogP) is 0.505. The Balaban J connectivity index is 2.59. The highest BCUT2D eigenvalue weighted by molar-refractivity contribution is 5.82. The van der Waals surface area contributed by atoms with E-state index in [0.29, 0.717) is 10.9 Å². The minimum absolute atomic E-state index is 0.0223. The largest absolute Gasteiger partial charge is 0.298 e. The van der Waals surface area contributed by atoms with Crippen molar-refractivity contribution < 1.29 is 4.79 Å². The van der Waals surface area contributed by atoms with E-state index in [1.807, 2.05) is 6.07 Å². The van der Waals surface area contributed by atoms with Crippen molar-refractivity contribution in [3.05, 3.63) is 40.3 Å². The third-order valence-electron chi connectivity index (χ3n) is 3.00. The quantitative estimate of drug-likeness (QED) is 0.674. The molecular formula is C13H9N5O2. The molecule has 7 heteroatoms. The normalized spacial score (nSPS) is 10.8. The lowest BCUT2D eigenvalue weighted by molar-refractivity contribution is -0.117. The van der Waals surface area contributed by atoms with Crippen LogP contribution < -0.4 is 5.56 Å². The molecule has 0 fully saturated rings. The van der Waals surface area contributed by atoms with Gasteiger partial charge in [-0.2, -0.15) is 9.78 Å². The molecule has 20 heavy (non-hydrogen) atoms. The van der Waals surface area contributed by atoms with Crippen LogP contribution in [-0.2, 0) is 11.3 Å². The summed E-state index contributed by atoms with van der Waals surface area (Å²) >= 11 is 0. The third kappa shape index (κ3) is 1.59. The second-order valence-electron chi connectivity index (χ2n) is 4.40. The Labute approximate surface area is 112 Å². The highest BCUT2D eigenvalue weighted by atomic mass is 16.1. The van der Waals surface area contributed by atoms with E-state index in [1.165, 1.54) is 16.0 Å². The Morgan fingerprint density at radius 3 is 2.85 bits per heavy atom. The van der Waals surface area contributed by atoms with E-state index in [-0.39, 0.29) is 29.2 Å². The third-order valence-corrected chi connectivity index (χ3v) is 3.00. The highest BCUT2D eigenvalue weighted by Gasteiger charge is 2.17. The zero-order valence-corrected chi connectivity index (χ0v) is 10.6. The standard InChI is InChI=1S/C13H9N5O2/c1-8(19)7-17-12-10(6-14)15-16-18(12)11-5-3-2-4-9(11)13(17)20/h2-5H,7H2,1H3. The summed E-state index contributed by atoms with van der Waals surface area (Å²) in [7, 11) is 0. The van der Waals surface area contributed by atoms with E-state index in [9.17, 15) is 9.59 Å². The smallest absolute Gasteiger partial charge is 0.262 e. The van der Waals surface area contributed by atoms with E-state index in [2.05, 4.69) is 10.3 Å². The molecule has 0 saturated carbocycles. The molecule has 0 atom stereocenters. The van der Waals surface area contributed by atoms with Crippen LogP contribution in [0.5, 0.6) is 0 Å². The number of aromatic nitrogens is 4. The number of fused-ring (bicyclic) bond motifs is 3. The molecule has 0 aliphatic rings. The Morgan fingerprint density at radius 1 is 1.40 bits per heavy atom. The van der Waals surface area contributed by atoms with Crippen molar-refractivity contribution in [1.29, 1.82) is 5.26 Å². The first-order valence-corrected chi connectivity index (χ1v) is 5.90. The summed E-state index contributed by atoms with van der Waals surface area (Å²) in [5.74, 6) is -0.186. The zero-order chi connectivity index (χ0) is 14.3. The van der Waals surface area contributed by atoms with Crippen molar-refractivity contribution in [2.45, 2.75) is 13.5 Å². The molecule has 0 amide bonds. The zero-order valence-electron chi connectivity index (χ0n) is 10.6. The van der Waals surface area contributed by atoms with Crippen molar-refractivity contribution in [3.63, 3.8) is 0 Å². The number of Topliss-reactive ketones (excluding diaryl/α,β-unsaturated/α-hetero) is 1. The average molecular weight is 267 g/mol. The van der Waals surface area contributed by atoms with Gasteiger partial charge in [0.15, 0.2) is 5.65 Å². The average Bonchev–Trinajstić information content (AvgIpc) is 2.87. The number of hydrogen-bond acceptors (Lipinski definition) is 5. The van der Waals surface area contributed by atoms with Crippen molar-refractivity contribution in [1.82, 2.24) is 19.4 Å². The van der Waals surface area contributed by atoms with Gasteiger partial charge < -0.3 is 0 Å². The molecule has 0 bridgehead atoms. The molecule has 2 heterocycles. The number of nitrogens with zero attached hydrogens (tertiary/aromatic N) is 5. The number of para-hydroxylation sites is 1. The maximum absolute atomic E-state index is 12.5. The second-order valence-corrected chi connectivity index (χ2v) is 4.40. The lowest BCUT2D eigenvalue weighted by Gasteiger charge is -2.08. The topological polar surface area (TPSA) is 93.1 Å². The predicted molar refractivity (Wildman–Crippen MR) is 70.1 cm³/mol. The molecule has 0 aliphatic carbocycles. The van der Waals surface area contributed by atoms with Crippen LogP contribution in [0.25, 0.3) is 16.6 Å². The first kappa shape index (κ1) is 12.0. The lowest BCUT2D eigenvalue weighted by Crippen LogP contribution is -2.26. The van der Waals surface area contributed by atoms with Crippen LogP contribution in [0.1, 0.15) is 12.6 Å². The molecule has 0 spiro atoms. The van der Waals surface area contributed by atoms with Crippen molar-refractivity contribution in [3.8, 4) is 6.07 Å². The van der Waals surface area contributed by atoms with E-state index < -0.39 is 0 Å². The van der Waals surface area contributed by atoms with Gasteiger partial charge in [-0.05, 0) is 19.1 Å². The summed E-state index contributed by atoms with van der Waals surface area (Å²) < 4.78 is 2.65. The maximum Gasteiger partial charge on any atom is 0.262 e. The number of carbonyl (C=O) groups excluding carboxylic acids is 1. The van der Waals surface area contributed by atoms with Crippen LogP contribution in [0, 0.1) is 11.3 Å². The van der Waals surface area contributed by atoms with Gasteiger partial charge in [-0.1, -0.05) is 17.3 Å². The summed E-state index contributed by atoms with van der Waals surface area (Å²) in [4.78, 5) is 23.9. The van der Waals surface area contributed by atoms with Gasteiger partial charge in [-0.15, -0.1) is 5.10 Å². The Hall–Kier alpha value is -3.01. The lowest BCUT2D eigenvalue weighted by atomic mass is 10.2. The molecule has 0 radical (unpaired) electrons. The van der Waals surface area contributed by atoms with Gasteiger partial charge in [-0.3, -0.25) is 14.2 Å².